The molecule has 2 heterocycles. The molecule has 0 amide bonds. The largest absolute Gasteiger partial charge is 0.436 e. The van der Waals surface area contributed by atoms with E-state index in [1.165, 1.54) is 84.0 Å². The van der Waals surface area contributed by atoms with Crippen LogP contribution < -0.4 is 0 Å². The van der Waals surface area contributed by atoms with Gasteiger partial charge < -0.3 is 8.83 Å². The molecule has 12 aromatic rings. The normalized spacial score (nSPS) is 12.1. The van der Waals surface area contributed by atoms with Gasteiger partial charge in [-0.2, -0.15) is 0 Å². The minimum atomic E-state index is -0.454. The Hall–Kier alpha value is -10.0. The summed E-state index contributed by atoms with van der Waals surface area (Å²) in [5.74, 6) is 0.417. The summed E-state index contributed by atoms with van der Waals surface area (Å²) in [6.07, 6.45) is 3.32. The molecular weight excluding hydrogens is 1050 g/mol. The summed E-state index contributed by atoms with van der Waals surface area (Å²) >= 11 is 0. The van der Waals surface area contributed by atoms with Gasteiger partial charge in [-0.3, -0.25) is 9.59 Å². The Balaban J connectivity index is 0.000000135. The molecule has 0 N–H and O–H groups in total. The van der Waals surface area contributed by atoms with E-state index >= 15 is 0 Å². The van der Waals surface area contributed by atoms with E-state index in [9.17, 15) is 9.59 Å². The van der Waals surface area contributed by atoms with E-state index in [0.29, 0.717) is 17.4 Å². The SMILES string of the molecule is Cc1cc(C)c(-c2cc(-c3ccccc3C)c3nc(-c4ccccc4)oc3c2)c(C)c1.Cc1cc(C)c(-c2cc(-c3ccccc3C)c3oc(-c4ccccc4)nc3c2)c(C)c1.Cc1cc(C)c(C2=CC(=O)C(=O)C(c3ccccc3C)=C2)c(C)c1. The molecule has 6 nitrogen and oxygen atoms in total. The maximum Gasteiger partial charge on any atom is 0.233 e. The fourth-order valence-electron chi connectivity index (χ4n) is 12.6. The third-order valence-corrected chi connectivity index (χ3v) is 16.3. The van der Waals surface area contributed by atoms with Crippen molar-refractivity contribution in [1.82, 2.24) is 9.97 Å². The standard InChI is InChI=1S/2C29H25NO.C22H20O2/c1-18-14-20(3)27(21(4)15-18)23-16-25(24-13-9-8-10-19(24)2)28-26(17-23)31-29(30-28)22-11-6-5-7-12-22;1-18-14-20(3)27(21(4)15-18)23-16-25(24-13-9-8-10-19(24)2)28-26(17-23)30-29(31-28)22-11-6-5-7-12-22;1-13-9-15(3)21(16(4)10-13)17-11-19(22(24)20(23)12-17)18-8-6-5-7-14(18)2/h2*5-17H,1-4H3;5-12H,1-4H3. The van der Waals surface area contributed by atoms with Gasteiger partial charge in [0.25, 0.3) is 0 Å². The van der Waals surface area contributed by atoms with E-state index in [-0.39, 0.29) is 0 Å². The van der Waals surface area contributed by atoms with Crippen LogP contribution in [0.15, 0.2) is 215 Å². The van der Waals surface area contributed by atoms with E-state index in [4.69, 9.17) is 18.8 Å². The molecular formula is C80H70N2O4. The first-order valence-electron chi connectivity index (χ1n) is 29.4. The number of oxazole rings is 2. The number of rotatable bonds is 8. The fraction of sp³-hybridized carbons (Fsp3) is 0.150. The molecule has 0 atom stereocenters. The minimum absolute atomic E-state index is 0.435. The van der Waals surface area contributed by atoms with E-state index in [2.05, 4.69) is 172 Å². The number of fused-ring (bicyclic) bond motifs is 2. The predicted octanol–water partition coefficient (Wildman–Crippen LogP) is 20.7. The Morgan fingerprint density at radius 2 is 0.733 bits per heavy atom. The van der Waals surface area contributed by atoms with Crippen LogP contribution in [0.4, 0.5) is 0 Å². The number of Topliss-reactive ketones (excluding diaryl/α,β-unsaturated/α-hetero) is 1. The average Bonchev–Trinajstić information content (AvgIpc) is 1.74. The summed E-state index contributed by atoms with van der Waals surface area (Å²) in [6, 6.07) is 66.8. The summed E-state index contributed by atoms with van der Waals surface area (Å²) in [4.78, 5) is 34.5. The quantitative estimate of drug-likeness (QED) is 0.111. The third-order valence-electron chi connectivity index (χ3n) is 16.3. The van der Waals surface area contributed by atoms with Crippen LogP contribution in [0.2, 0.25) is 0 Å². The van der Waals surface area contributed by atoms with Crippen LogP contribution in [-0.4, -0.2) is 21.5 Å². The molecule has 0 radical (unpaired) electrons. The number of ketones is 2. The number of hydrogen-bond donors (Lipinski definition) is 0. The van der Waals surface area contributed by atoms with Gasteiger partial charge in [-0.15, -0.1) is 0 Å². The monoisotopic (exact) mass is 1120 g/mol. The second-order valence-electron chi connectivity index (χ2n) is 23.1. The molecule has 0 fully saturated rings. The molecule has 1 aliphatic rings. The lowest BCUT2D eigenvalue weighted by molar-refractivity contribution is -0.130. The molecule has 0 aliphatic heterocycles. The molecule has 6 heteroatoms. The zero-order valence-corrected chi connectivity index (χ0v) is 51.2. The highest BCUT2D eigenvalue weighted by atomic mass is 16.4. The Labute approximate surface area is 505 Å². The Bertz CT molecular complexity index is 4390. The van der Waals surface area contributed by atoms with Crippen LogP contribution in [0.3, 0.4) is 0 Å². The van der Waals surface area contributed by atoms with Gasteiger partial charge in [0, 0.05) is 27.8 Å². The van der Waals surface area contributed by atoms with Crippen molar-refractivity contribution >= 4 is 44.9 Å². The third kappa shape index (κ3) is 11.8. The smallest absolute Gasteiger partial charge is 0.233 e. The number of carbonyl (C=O) groups is 2. The number of allylic oxidation sites excluding steroid dienone is 4. The topological polar surface area (TPSA) is 86.2 Å². The molecule has 0 saturated carbocycles. The molecule has 0 spiro atoms. The van der Waals surface area contributed by atoms with E-state index in [0.717, 1.165) is 83.4 Å². The number of hydrogen-bond acceptors (Lipinski definition) is 6. The van der Waals surface area contributed by atoms with Gasteiger partial charge in [-0.1, -0.05) is 162 Å². The van der Waals surface area contributed by atoms with Crippen LogP contribution in [0.1, 0.15) is 77.9 Å². The molecule has 424 valence electrons. The maximum absolute atomic E-state index is 12.4. The number of benzene rings is 10. The van der Waals surface area contributed by atoms with Gasteiger partial charge >= 0.3 is 0 Å². The molecule has 0 saturated heterocycles. The van der Waals surface area contributed by atoms with Gasteiger partial charge in [0.1, 0.15) is 11.0 Å². The van der Waals surface area contributed by atoms with Gasteiger partial charge in [-0.05, 0) is 244 Å². The highest BCUT2D eigenvalue weighted by Crippen LogP contribution is 2.42. The van der Waals surface area contributed by atoms with Crippen LogP contribution in [-0.2, 0) is 9.59 Å². The Morgan fingerprint density at radius 1 is 0.326 bits per heavy atom. The van der Waals surface area contributed by atoms with Crippen molar-refractivity contribution in [1.29, 1.82) is 0 Å². The molecule has 1 aliphatic carbocycles. The van der Waals surface area contributed by atoms with Gasteiger partial charge in [0.05, 0.1) is 0 Å². The summed E-state index contributed by atoms with van der Waals surface area (Å²) in [5, 5.41) is 0. The first-order valence-corrected chi connectivity index (χ1v) is 29.4. The number of aryl methyl sites for hydroxylation is 12. The van der Waals surface area contributed by atoms with Crippen molar-refractivity contribution in [2.24, 2.45) is 0 Å². The zero-order chi connectivity index (χ0) is 60.5. The number of carbonyl (C=O) groups excluding carboxylic acids is 2. The predicted molar refractivity (Wildman–Crippen MR) is 356 cm³/mol. The number of aromatic nitrogens is 2. The molecule has 0 bridgehead atoms. The van der Waals surface area contributed by atoms with Gasteiger partial charge in [-0.25, -0.2) is 9.97 Å². The van der Waals surface area contributed by atoms with Crippen LogP contribution in [0.5, 0.6) is 0 Å². The number of nitrogens with zero attached hydrogens (tertiary/aromatic N) is 2. The van der Waals surface area contributed by atoms with Crippen molar-refractivity contribution < 1.29 is 18.4 Å². The lowest BCUT2D eigenvalue weighted by atomic mass is 9.84. The molecule has 0 unspecified atom stereocenters. The maximum atomic E-state index is 12.4. The highest BCUT2D eigenvalue weighted by Gasteiger charge is 2.27. The van der Waals surface area contributed by atoms with E-state index in [1.54, 1.807) is 0 Å². The first-order chi connectivity index (χ1) is 41.4. The lowest BCUT2D eigenvalue weighted by Crippen LogP contribution is -2.18. The van der Waals surface area contributed by atoms with Crippen molar-refractivity contribution in [2.75, 3.05) is 0 Å². The van der Waals surface area contributed by atoms with Crippen molar-refractivity contribution in [3.05, 3.63) is 284 Å². The van der Waals surface area contributed by atoms with Crippen LogP contribution in [0, 0.1) is 83.1 Å². The fourth-order valence-corrected chi connectivity index (χ4v) is 12.6. The minimum Gasteiger partial charge on any atom is -0.436 e. The summed E-state index contributed by atoms with van der Waals surface area (Å²) in [7, 11) is 0. The highest BCUT2D eigenvalue weighted by molar-refractivity contribution is 6.59. The summed E-state index contributed by atoms with van der Waals surface area (Å²) in [6.45, 7) is 25.4. The molecule has 13 rings (SSSR count). The van der Waals surface area contributed by atoms with Crippen molar-refractivity contribution in [3.8, 4) is 67.4 Å². The summed E-state index contributed by atoms with van der Waals surface area (Å²) < 4.78 is 12.7. The van der Waals surface area contributed by atoms with E-state index < -0.39 is 11.6 Å². The second-order valence-corrected chi connectivity index (χ2v) is 23.1. The van der Waals surface area contributed by atoms with Crippen LogP contribution >= 0.6 is 0 Å². The molecule has 2 aromatic heterocycles. The first kappa shape index (κ1) is 57.8. The van der Waals surface area contributed by atoms with E-state index in [1.807, 2.05) is 112 Å². The Kier molecular flexibility index (Phi) is 16.3. The zero-order valence-electron chi connectivity index (χ0n) is 51.2. The summed E-state index contributed by atoms with van der Waals surface area (Å²) in [5.41, 5.74) is 32.5. The van der Waals surface area contributed by atoms with Crippen molar-refractivity contribution in [2.45, 2.75) is 83.1 Å². The molecule has 10 aromatic carbocycles. The average molecular weight is 1120 g/mol. The van der Waals surface area contributed by atoms with Gasteiger partial charge in [0.15, 0.2) is 11.2 Å². The molecule has 86 heavy (non-hydrogen) atoms. The van der Waals surface area contributed by atoms with Crippen molar-refractivity contribution in [3.63, 3.8) is 0 Å². The second kappa shape index (κ2) is 24.3. The Morgan fingerprint density at radius 3 is 1.22 bits per heavy atom. The van der Waals surface area contributed by atoms with Gasteiger partial charge in [0.2, 0.25) is 23.3 Å². The van der Waals surface area contributed by atoms with Crippen LogP contribution in [0.25, 0.3) is 101 Å². The lowest BCUT2D eigenvalue weighted by Gasteiger charge is -2.18.